The Balaban J connectivity index is 1.07. The van der Waals surface area contributed by atoms with Crippen LogP contribution in [0.25, 0.3) is 11.0 Å². The van der Waals surface area contributed by atoms with Crippen LogP contribution in [0.5, 0.6) is 0 Å². The Morgan fingerprint density at radius 3 is 2.36 bits per heavy atom. The number of aryl methyl sites for hydroxylation is 1. The van der Waals surface area contributed by atoms with E-state index in [0.717, 1.165) is 67.7 Å². The number of benzene rings is 3. The molecule has 3 aliphatic rings. The van der Waals surface area contributed by atoms with Crippen LogP contribution in [-0.4, -0.2) is 70.9 Å². The number of carbonyl (C=O) groups is 1. The normalized spacial score (nSPS) is 22.6. The molecule has 3 fully saturated rings. The van der Waals surface area contributed by atoms with Gasteiger partial charge in [-0.3, -0.25) is 14.4 Å². The van der Waals surface area contributed by atoms with Gasteiger partial charge in [0, 0.05) is 36.9 Å². The fraction of sp³-hybridized carbons (Fsp3) is 0.444. The van der Waals surface area contributed by atoms with Gasteiger partial charge < -0.3 is 9.47 Å². The number of carbonyl (C=O) groups excluding carboxylic acids is 1. The number of hydrogen-bond donors (Lipinski definition) is 1. The maximum absolute atomic E-state index is 14.6. The molecule has 3 aliphatic heterocycles. The van der Waals surface area contributed by atoms with E-state index in [9.17, 15) is 30.8 Å². The summed E-state index contributed by atoms with van der Waals surface area (Å²) in [4.78, 5) is 22.7. The molecule has 266 valence electrons. The Labute approximate surface area is 293 Å². The van der Waals surface area contributed by atoms with Crippen molar-refractivity contribution in [1.82, 2.24) is 19.4 Å². The standard InChI is InChI=1S/C36H38ClF4N5O3S/c1-23-42-32-7-2-3-8-33(32)46(23)29-21-27-10-11-28(22-29)45(27)18-15-35(24-5-4-6-25(38)19-24)13-16-44(17-14-35)34(47)30-20-26(9-12-31(30)37)43-50(48,49)36(39,40)41/h2-9,12,19-20,27-29,43H,10-11,13-18,21-22H2,1H3. The summed E-state index contributed by atoms with van der Waals surface area (Å²) in [5, 5.41) is -0.00955. The molecule has 0 saturated carbocycles. The second-order valence-corrected chi connectivity index (χ2v) is 15.9. The second-order valence-electron chi connectivity index (χ2n) is 13.8. The molecule has 3 saturated heterocycles. The van der Waals surface area contributed by atoms with Gasteiger partial charge in [0.05, 0.1) is 21.6 Å². The predicted molar refractivity (Wildman–Crippen MR) is 184 cm³/mol. The molecule has 50 heavy (non-hydrogen) atoms. The lowest BCUT2D eigenvalue weighted by molar-refractivity contribution is -0.0429. The number of sulfonamides is 1. The zero-order valence-corrected chi connectivity index (χ0v) is 29.0. The first-order chi connectivity index (χ1) is 23.7. The summed E-state index contributed by atoms with van der Waals surface area (Å²) in [6.07, 6.45) is 6.19. The van der Waals surface area contributed by atoms with E-state index in [-0.39, 0.29) is 16.4 Å². The van der Waals surface area contributed by atoms with Crippen LogP contribution in [0.3, 0.4) is 0 Å². The van der Waals surface area contributed by atoms with Gasteiger partial charge in [0.2, 0.25) is 0 Å². The van der Waals surface area contributed by atoms with Gasteiger partial charge in [-0.05, 0) is 112 Å². The third-order valence-corrected chi connectivity index (χ3v) is 12.5. The van der Waals surface area contributed by atoms with Gasteiger partial charge in [-0.15, -0.1) is 0 Å². The van der Waals surface area contributed by atoms with Crippen molar-refractivity contribution in [1.29, 1.82) is 0 Å². The van der Waals surface area contributed by atoms with Crippen molar-refractivity contribution in [3.8, 4) is 0 Å². The van der Waals surface area contributed by atoms with E-state index in [1.807, 2.05) is 12.1 Å². The van der Waals surface area contributed by atoms with Crippen LogP contribution in [-0.2, 0) is 15.4 Å². The van der Waals surface area contributed by atoms with Gasteiger partial charge in [0.1, 0.15) is 11.6 Å². The number of piperidine rings is 2. The Kier molecular flexibility index (Phi) is 9.13. The zero-order chi connectivity index (χ0) is 35.4. The molecule has 4 aromatic rings. The molecule has 8 nitrogen and oxygen atoms in total. The lowest BCUT2D eigenvalue weighted by Gasteiger charge is -2.45. The third kappa shape index (κ3) is 6.48. The lowest BCUT2D eigenvalue weighted by Crippen LogP contribution is -2.49. The summed E-state index contributed by atoms with van der Waals surface area (Å²) in [5.41, 5.74) is -3.38. The fourth-order valence-corrected chi connectivity index (χ4v) is 9.32. The van der Waals surface area contributed by atoms with Gasteiger partial charge in [0.25, 0.3) is 5.91 Å². The van der Waals surface area contributed by atoms with E-state index >= 15 is 0 Å². The summed E-state index contributed by atoms with van der Waals surface area (Å²) < 4.78 is 80.8. The van der Waals surface area contributed by atoms with Crippen LogP contribution in [0, 0.1) is 12.7 Å². The minimum absolute atomic E-state index is 0.00955. The molecule has 2 bridgehead atoms. The Bertz CT molecular complexity index is 2020. The number of rotatable bonds is 8. The van der Waals surface area contributed by atoms with Gasteiger partial charge in [-0.2, -0.15) is 21.6 Å². The highest BCUT2D eigenvalue weighted by atomic mass is 35.5. The van der Waals surface area contributed by atoms with Crippen molar-refractivity contribution in [2.24, 2.45) is 0 Å². The highest BCUT2D eigenvalue weighted by molar-refractivity contribution is 7.93. The number of hydrogen-bond acceptors (Lipinski definition) is 5. The van der Waals surface area contributed by atoms with Gasteiger partial charge >= 0.3 is 15.5 Å². The van der Waals surface area contributed by atoms with Crippen LogP contribution in [0.15, 0.2) is 66.7 Å². The smallest absolute Gasteiger partial charge is 0.339 e. The van der Waals surface area contributed by atoms with Crippen molar-refractivity contribution in [3.05, 3.63) is 94.5 Å². The number of nitrogens with one attached hydrogen (secondary N) is 1. The summed E-state index contributed by atoms with van der Waals surface area (Å²) in [6.45, 7) is 3.54. The molecular weight excluding hydrogens is 694 g/mol. The SMILES string of the molecule is Cc1nc2ccccc2n1C1CC2CCC(C1)N2CCC1(c2cccc(F)c2)CCN(C(=O)c2cc(NS(=O)(=O)C(F)(F)F)ccc2Cl)CC1. The molecule has 1 amide bonds. The van der Waals surface area contributed by atoms with Crippen molar-refractivity contribution < 1.29 is 30.8 Å². The molecule has 0 aliphatic carbocycles. The van der Waals surface area contributed by atoms with E-state index in [0.29, 0.717) is 44.1 Å². The largest absolute Gasteiger partial charge is 0.516 e. The Hall–Kier alpha value is -3.68. The maximum Gasteiger partial charge on any atom is 0.516 e. The molecule has 2 atom stereocenters. The summed E-state index contributed by atoms with van der Waals surface area (Å²) in [5.74, 6) is 0.193. The van der Waals surface area contributed by atoms with Crippen molar-refractivity contribution in [2.45, 2.75) is 80.9 Å². The minimum atomic E-state index is -5.68. The zero-order valence-electron chi connectivity index (χ0n) is 27.5. The van der Waals surface area contributed by atoms with Crippen molar-refractivity contribution in [3.63, 3.8) is 0 Å². The summed E-state index contributed by atoms with van der Waals surface area (Å²) in [6, 6.07) is 19.4. The first-order valence-corrected chi connectivity index (χ1v) is 18.7. The van der Waals surface area contributed by atoms with Crippen LogP contribution >= 0.6 is 11.6 Å². The van der Waals surface area contributed by atoms with E-state index in [4.69, 9.17) is 16.6 Å². The number of nitrogens with zero attached hydrogens (tertiary/aromatic N) is 4. The van der Waals surface area contributed by atoms with Gasteiger partial charge in [-0.25, -0.2) is 9.37 Å². The number of amides is 1. The molecule has 1 aromatic heterocycles. The van der Waals surface area contributed by atoms with E-state index in [2.05, 4.69) is 34.6 Å². The third-order valence-electron chi connectivity index (χ3n) is 11.0. The molecule has 2 unspecified atom stereocenters. The Morgan fingerprint density at radius 2 is 1.68 bits per heavy atom. The lowest BCUT2D eigenvalue weighted by atomic mass is 9.70. The molecule has 14 heteroatoms. The molecule has 0 spiro atoms. The molecule has 3 aromatic carbocycles. The number of imidazole rings is 1. The topological polar surface area (TPSA) is 87.5 Å². The average molecular weight is 732 g/mol. The number of aromatic nitrogens is 2. The van der Waals surface area contributed by atoms with E-state index in [1.54, 1.807) is 17.0 Å². The maximum atomic E-state index is 14.6. The molecule has 1 N–H and O–H groups in total. The number of halogens is 5. The quantitative estimate of drug-likeness (QED) is 0.187. The number of likely N-dealkylation sites (tertiary alicyclic amines) is 1. The van der Waals surface area contributed by atoms with Gasteiger partial charge in [0.15, 0.2) is 0 Å². The van der Waals surface area contributed by atoms with Crippen LogP contribution in [0.4, 0.5) is 23.2 Å². The van der Waals surface area contributed by atoms with Crippen LogP contribution in [0.2, 0.25) is 5.02 Å². The number of alkyl halides is 3. The van der Waals surface area contributed by atoms with Crippen molar-refractivity contribution in [2.75, 3.05) is 24.4 Å². The minimum Gasteiger partial charge on any atom is -0.339 e. The first-order valence-electron chi connectivity index (χ1n) is 16.9. The predicted octanol–water partition coefficient (Wildman–Crippen LogP) is 7.83. The first kappa shape index (κ1) is 34.8. The average Bonchev–Trinajstić information content (AvgIpc) is 3.54. The van der Waals surface area contributed by atoms with Gasteiger partial charge in [-0.1, -0.05) is 35.9 Å². The second kappa shape index (κ2) is 13.1. The Morgan fingerprint density at radius 1 is 0.980 bits per heavy atom. The highest BCUT2D eigenvalue weighted by Crippen LogP contribution is 2.45. The van der Waals surface area contributed by atoms with E-state index < -0.39 is 32.5 Å². The molecule has 7 rings (SSSR count). The molecule has 4 heterocycles. The number of anilines is 1. The van der Waals surface area contributed by atoms with Crippen LogP contribution < -0.4 is 4.72 Å². The van der Waals surface area contributed by atoms with E-state index in [1.165, 1.54) is 22.4 Å². The number of para-hydroxylation sites is 2. The molecule has 0 radical (unpaired) electrons. The monoisotopic (exact) mass is 731 g/mol. The fourth-order valence-electron chi connectivity index (χ4n) is 8.57. The summed E-state index contributed by atoms with van der Waals surface area (Å²) >= 11 is 6.29. The molecular formula is C36H38ClF4N5O3S. The number of fused-ring (bicyclic) bond motifs is 3. The van der Waals surface area contributed by atoms with Crippen LogP contribution in [0.1, 0.15) is 72.7 Å². The van der Waals surface area contributed by atoms with Crippen molar-refractivity contribution >= 4 is 44.3 Å². The highest BCUT2D eigenvalue weighted by Gasteiger charge is 2.47. The summed E-state index contributed by atoms with van der Waals surface area (Å²) in [7, 11) is -5.68.